The molecule has 1 rings (SSSR count). The van der Waals surface area contributed by atoms with E-state index in [0.29, 0.717) is 5.57 Å². The van der Waals surface area contributed by atoms with E-state index in [9.17, 15) is 4.39 Å². The van der Waals surface area contributed by atoms with Crippen LogP contribution in [-0.4, -0.2) is 17.9 Å². The Bertz CT molecular complexity index is 256. The van der Waals surface area contributed by atoms with E-state index in [1.807, 2.05) is 18.2 Å². The molecule has 0 unspecified atom stereocenters. The lowest BCUT2D eigenvalue weighted by Gasteiger charge is -2.07. The summed E-state index contributed by atoms with van der Waals surface area (Å²) in [5, 5.41) is 8.53. The van der Waals surface area contributed by atoms with Crippen LogP contribution in [0.3, 0.4) is 0 Å². The summed E-state index contributed by atoms with van der Waals surface area (Å²) in [5.41, 5.74) is 1.07. The number of halogens is 1. The molecule has 1 nitrogen and oxygen atoms in total. The molecule has 0 spiro atoms. The number of aliphatic hydroxyl groups excluding tert-OH is 1. The Hall–Kier alpha value is -1.15. The molecule has 0 saturated heterocycles. The topological polar surface area (TPSA) is 20.2 Å². The summed E-state index contributed by atoms with van der Waals surface area (Å²) in [6.07, 6.45) is -1.35. The molecule has 0 amide bonds. The number of aliphatic hydroxyl groups is 1. The van der Waals surface area contributed by atoms with Crippen LogP contribution in [0.1, 0.15) is 5.56 Å². The molecule has 0 fully saturated rings. The maximum absolute atomic E-state index is 12.9. The molecular formula is C10H11FO. The van der Waals surface area contributed by atoms with E-state index in [0.717, 1.165) is 5.56 Å². The zero-order valence-electron chi connectivity index (χ0n) is 6.70. The van der Waals surface area contributed by atoms with Crippen molar-refractivity contribution in [1.82, 2.24) is 0 Å². The Morgan fingerprint density at radius 1 is 1.42 bits per heavy atom. The molecule has 0 saturated carbocycles. The van der Waals surface area contributed by atoms with Gasteiger partial charge in [0.15, 0.2) is 0 Å². The summed E-state index contributed by atoms with van der Waals surface area (Å²) in [6, 6.07) is 9.01. The molecule has 0 aliphatic carbocycles. The predicted octanol–water partition coefficient (Wildman–Crippen LogP) is 2.03. The molecule has 1 aromatic rings. The Labute approximate surface area is 71.2 Å². The average molecular weight is 166 g/mol. The fourth-order valence-corrected chi connectivity index (χ4v) is 0.943. The van der Waals surface area contributed by atoms with Gasteiger partial charge in [0.2, 0.25) is 0 Å². The van der Waals surface area contributed by atoms with Crippen LogP contribution >= 0.6 is 0 Å². The van der Waals surface area contributed by atoms with Gasteiger partial charge in [0.25, 0.3) is 0 Å². The Kier molecular flexibility index (Phi) is 3.00. The fraction of sp³-hybridized carbons (Fsp3) is 0.200. The third-order valence-electron chi connectivity index (χ3n) is 1.68. The number of benzene rings is 1. The molecule has 1 atom stereocenters. The Balaban J connectivity index is 2.79. The summed E-state index contributed by atoms with van der Waals surface area (Å²) in [7, 11) is 0. The van der Waals surface area contributed by atoms with Crippen molar-refractivity contribution in [2.24, 2.45) is 0 Å². The maximum atomic E-state index is 12.9. The molecule has 0 aliphatic heterocycles. The van der Waals surface area contributed by atoms with Gasteiger partial charge in [0.1, 0.15) is 6.17 Å². The average Bonchev–Trinajstić information content (AvgIpc) is 2.17. The quantitative estimate of drug-likeness (QED) is 0.728. The van der Waals surface area contributed by atoms with Gasteiger partial charge in [-0.2, -0.15) is 0 Å². The van der Waals surface area contributed by atoms with Gasteiger partial charge in [-0.05, 0) is 11.1 Å². The SMILES string of the molecule is C=C(c1ccccc1)[C@H](F)CO. The first kappa shape index (κ1) is 8.94. The van der Waals surface area contributed by atoms with Crippen molar-refractivity contribution in [3.05, 3.63) is 42.5 Å². The van der Waals surface area contributed by atoms with Crippen LogP contribution in [0.15, 0.2) is 36.9 Å². The predicted molar refractivity (Wildman–Crippen MR) is 47.5 cm³/mol. The monoisotopic (exact) mass is 166 g/mol. The molecule has 1 aromatic carbocycles. The minimum atomic E-state index is -1.35. The van der Waals surface area contributed by atoms with Gasteiger partial charge in [-0.1, -0.05) is 36.9 Å². The zero-order chi connectivity index (χ0) is 8.97. The molecule has 0 aromatic heterocycles. The minimum Gasteiger partial charge on any atom is -0.393 e. The molecule has 1 N–H and O–H groups in total. The smallest absolute Gasteiger partial charge is 0.148 e. The summed E-state index contributed by atoms with van der Waals surface area (Å²) < 4.78 is 12.9. The van der Waals surface area contributed by atoms with Crippen molar-refractivity contribution in [3.63, 3.8) is 0 Å². The Morgan fingerprint density at radius 3 is 2.50 bits per heavy atom. The standard InChI is InChI=1S/C10H11FO/c1-8(10(11)7-12)9-5-3-2-4-6-9/h2-6,10,12H,1,7H2/t10-/m1/s1. The molecule has 0 aliphatic rings. The van der Waals surface area contributed by atoms with Crippen molar-refractivity contribution in [3.8, 4) is 0 Å². The molecule has 0 heterocycles. The highest BCUT2D eigenvalue weighted by atomic mass is 19.1. The van der Waals surface area contributed by atoms with Gasteiger partial charge in [-0.25, -0.2) is 4.39 Å². The minimum absolute atomic E-state index is 0.332. The highest BCUT2D eigenvalue weighted by molar-refractivity contribution is 5.66. The second kappa shape index (κ2) is 4.02. The summed E-state index contributed by atoms with van der Waals surface area (Å²) >= 11 is 0. The van der Waals surface area contributed by atoms with Crippen molar-refractivity contribution in [1.29, 1.82) is 0 Å². The zero-order valence-corrected chi connectivity index (χ0v) is 6.70. The third-order valence-corrected chi connectivity index (χ3v) is 1.68. The number of hydrogen-bond acceptors (Lipinski definition) is 1. The van der Waals surface area contributed by atoms with Gasteiger partial charge >= 0.3 is 0 Å². The first-order valence-corrected chi connectivity index (χ1v) is 3.75. The van der Waals surface area contributed by atoms with Crippen LogP contribution in [0.5, 0.6) is 0 Å². The van der Waals surface area contributed by atoms with Crippen LogP contribution in [-0.2, 0) is 0 Å². The molecule has 0 bridgehead atoms. The molecule has 0 radical (unpaired) electrons. The normalized spacial score (nSPS) is 12.5. The number of hydrogen-bond donors (Lipinski definition) is 1. The van der Waals surface area contributed by atoms with Gasteiger partial charge in [0.05, 0.1) is 6.61 Å². The van der Waals surface area contributed by atoms with E-state index >= 15 is 0 Å². The molecule has 2 heteroatoms. The third kappa shape index (κ3) is 1.92. The van der Waals surface area contributed by atoms with Crippen molar-refractivity contribution < 1.29 is 9.50 Å². The second-order valence-corrected chi connectivity index (χ2v) is 2.54. The van der Waals surface area contributed by atoms with E-state index in [4.69, 9.17) is 5.11 Å². The van der Waals surface area contributed by atoms with Crippen LogP contribution in [0.25, 0.3) is 5.57 Å². The summed E-state index contributed by atoms with van der Waals surface area (Å²) in [5.74, 6) is 0. The highest BCUT2D eigenvalue weighted by Gasteiger charge is 2.10. The van der Waals surface area contributed by atoms with E-state index in [2.05, 4.69) is 6.58 Å². The van der Waals surface area contributed by atoms with Crippen molar-refractivity contribution in [2.45, 2.75) is 6.17 Å². The molecular weight excluding hydrogens is 155 g/mol. The lowest BCUT2D eigenvalue weighted by Crippen LogP contribution is -2.07. The van der Waals surface area contributed by atoms with Crippen LogP contribution in [0.4, 0.5) is 4.39 Å². The largest absolute Gasteiger partial charge is 0.393 e. The summed E-state index contributed by atoms with van der Waals surface area (Å²) in [4.78, 5) is 0. The van der Waals surface area contributed by atoms with Gasteiger partial charge < -0.3 is 5.11 Å². The highest BCUT2D eigenvalue weighted by Crippen LogP contribution is 2.17. The lowest BCUT2D eigenvalue weighted by molar-refractivity contribution is 0.215. The van der Waals surface area contributed by atoms with Crippen LogP contribution < -0.4 is 0 Å². The fourth-order valence-electron chi connectivity index (χ4n) is 0.943. The van der Waals surface area contributed by atoms with Crippen molar-refractivity contribution in [2.75, 3.05) is 6.61 Å². The molecule has 12 heavy (non-hydrogen) atoms. The van der Waals surface area contributed by atoms with Crippen LogP contribution in [0, 0.1) is 0 Å². The number of rotatable bonds is 3. The first-order chi connectivity index (χ1) is 5.75. The van der Waals surface area contributed by atoms with E-state index in [1.54, 1.807) is 12.1 Å². The van der Waals surface area contributed by atoms with Crippen LogP contribution in [0.2, 0.25) is 0 Å². The number of alkyl halides is 1. The Morgan fingerprint density at radius 2 is 2.00 bits per heavy atom. The van der Waals surface area contributed by atoms with Gasteiger partial charge in [-0.3, -0.25) is 0 Å². The van der Waals surface area contributed by atoms with E-state index in [-0.39, 0.29) is 0 Å². The lowest BCUT2D eigenvalue weighted by atomic mass is 10.0. The van der Waals surface area contributed by atoms with Gasteiger partial charge in [-0.15, -0.1) is 0 Å². The summed E-state index contributed by atoms with van der Waals surface area (Å²) in [6.45, 7) is 3.05. The van der Waals surface area contributed by atoms with Crippen molar-refractivity contribution >= 4 is 5.57 Å². The maximum Gasteiger partial charge on any atom is 0.148 e. The van der Waals surface area contributed by atoms with E-state index in [1.165, 1.54) is 0 Å². The first-order valence-electron chi connectivity index (χ1n) is 3.75. The van der Waals surface area contributed by atoms with Gasteiger partial charge in [0, 0.05) is 0 Å². The second-order valence-electron chi connectivity index (χ2n) is 2.54. The van der Waals surface area contributed by atoms with E-state index < -0.39 is 12.8 Å². The molecule has 64 valence electrons.